The van der Waals surface area contributed by atoms with Gasteiger partial charge >= 0.3 is 6.18 Å². The summed E-state index contributed by atoms with van der Waals surface area (Å²) in [7, 11) is 0. The van der Waals surface area contributed by atoms with E-state index in [0.29, 0.717) is 18.1 Å². The lowest BCUT2D eigenvalue weighted by molar-refractivity contribution is -0.138. The smallest absolute Gasteiger partial charge is 0.349 e. The first-order chi connectivity index (χ1) is 14.9. The van der Waals surface area contributed by atoms with Crippen LogP contribution in [0.25, 0.3) is 0 Å². The second-order valence-corrected chi connectivity index (χ2v) is 10.2. The van der Waals surface area contributed by atoms with Gasteiger partial charge in [-0.1, -0.05) is 11.6 Å². The number of ether oxygens (including phenoxy) is 2. The van der Waals surface area contributed by atoms with Gasteiger partial charge in [0.1, 0.15) is 0 Å². The number of halogens is 3. The summed E-state index contributed by atoms with van der Waals surface area (Å²) < 4.78 is 49.2. The molecule has 31 heavy (non-hydrogen) atoms. The van der Waals surface area contributed by atoms with Crippen molar-refractivity contribution >= 4 is 0 Å². The van der Waals surface area contributed by atoms with E-state index in [0.717, 1.165) is 52.0 Å². The van der Waals surface area contributed by atoms with Crippen molar-refractivity contribution in [3.63, 3.8) is 0 Å². The van der Waals surface area contributed by atoms with Crippen LogP contribution in [0.3, 0.4) is 0 Å². The number of alkyl halides is 3. The number of likely N-dealkylation sites (tertiary alicyclic amines) is 2. The molecule has 176 valence electrons. The largest absolute Gasteiger partial charge is 0.390 e. The van der Waals surface area contributed by atoms with Crippen molar-refractivity contribution in [2.45, 2.75) is 82.6 Å². The number of rotatable bonds is 7. The fraction of sp³-hybridized carbons (Fsp3) is 0.913. The van der Waals surface area contributed by atoms with Crippen LogP contribution in [0.5, 0.6) is 0 Å². The van der Waals surface area contributed by atoms with Crippen LogP contribution in [-0.4, -0.2) is 91.4 Å². The molecule has 2 unspecified atom stereocenters. The van der Waals surface area contributed by atoms with Crippen LogP contribution in [0.15, 0.2) is 11.6 Å². The van der Waals surface area contributed by atoms with Crippen molar-refractivity contribution in [2.75, 3.05) is 45.9 Å². The minimum atomic E-state index is -4.06. The Hall–Kier alpha value is -0.670. The minimum Gasteiger partial charge on any atom is -0.349 e. The summed E-state index contributed by atoms with van der Waals surface area (Å²) >= 11 is 0. The third-order valence-electron chi connectivity index (χ3n) is 8.19. The molecule has 0 aromatic heterocycles. The molecule has 5 aliphatic rings. The van der Waals surface area contributed by atoms with Gasteiger partial charge in [-0.3, -0.25) is 14.7 Å². The van der Waals surface area contributed by atoms with E-state index in [1.807, 2.05) is 6.92 Å². The Morgan fingerprint density at radius 1 is 1.19 bits per heavy atom. The van der Waals surface area contributed by atoms with Crippen molar-refractivity contribution in [3.05, 3.63) is 11.6 Å². The van der Waals surface area contributed by atoms with E-state index in [1.54, 1.807) is 0 Å². The molecular formula is C23H36F3N3O2. The number of epoxide rings is 1. The van der Waals surface area contributed by atoms with Gasteiger partial charge < -0.3 is 9.47 Å². The van der Waals surface area contributed by atoms with Crippen molar-refractivity contribution in [2.24, 2.45) is 5.41 Å². The molecule has 5 rings (SSSR count). The normalized spacial score (nSPS) is 39.8. The van der Waals surface area contributed by atoms with Crippen LogP contribution in [-0.2, 0) is 9.47 Å². The predicted molar refractivity (Wildman–Crippen MR) is 111 cm³/mol. The lowest BCUT2D eigenvalue weighted by atomic mass is 9.64. The summed E-state index contributed by atoms with van der Waals surface area (Å²) in [5.41, 5.74) is 1.84. The summed E-state index contributed by atoms with van der Waals surface area (Å²) in [5, 5.41) is 0. The summed E-state index contributed by atoms with van der Waals surface area (Å²) in [4.78, 5) is 7.12. The molecule has 0 amide bonds. The SMILES string of the molecule is CCOC1OC1N1CCC2(CC(N3CC=C([C@@H]4CCCN4CCC(F)(F)F)CC3)C2)C1. The third-order valence-corrected chi connectivity index (χ3v) is 8.19. The first kappa shape index (κ1) is 22.1. The Kier molecular flexibility index (Phi) is 6.14. The van der Waals surface area contributed by atoms with E-state index in [9.17, 15) is 13.2 Å². The molecule has 1 spiro atoms. The molecule has 3 saturated heterocycles. The first-order valence-electron chi connectivity index (χ1n) is 12.1. The lowest BCUT2D eigenvalue weighted by Crippen LogP contribution is -2.53. The maximum Gasteiger partial charge on any atom is 0.390 e. The molecule has 0 bridgehead atoms. The fourth-order valence-electron chi connectivity index (χ4n) is 6.47. The van der Waals surface area contributed by atoms with E-state index >= 15 is 0 Å². The van der Waals surface area contributed by atoms with Gasteiger partial charge in [0, 0.05) is 51.4 Å². The Balaban J connectivity index is 1.08. The van der Waals surface area contributed by atoms with E-state index in [2.05, 4.69) is 20.8 Å². The standard InChI is InChI=1S/C23H36F3N3O2/c1-2-30-21-20(31-21)29-12-7-22(16-29)14-18(15-22)27-10-5-17(6-11-27)19-4-3-9-28(19)13-8-23(24,25)26/h5,18-21H,2-4,6-16H2,1H3/t18?,19-,20?,21?,22?/m0/s1. The lowest BCUT2D eigenvalue weighted by Gasteiger charge is -2.51. The Morgan fingerprint density at radius 2 is 2.03 bits per heavy atom. The molecule has 0 aromatic rings. The second kappa shape index (κ2) is 8.60. The molecule has 1 aliphatic carbocycles. The summed E-state index contributed by atoms with van der Waals surface area (Å²) in [6, 6.07) is 0.892. The number of hydrogen-bond donors (Lipinski definition) is 0. The van der Waals surface area contributed by atoms with Gasteiger partial charge in [0.2, 0.25) is 0 Å². The van der Waals surface area contributed by atoms with Crippen molar-refractivity contribution in [1.29, 1.82) is 0 Å². The van der Waals surface area contributed by atoms with Crippen molar-refractivity contribution in [3.8, 4) is 0 Å². The van der Waals surface area contributed by atoms with Gasteiger partial charge in [0.05, 0.1) is 6.42 Å². The minimum absolute atomic E-state index is 0.0204. The van der Waals surface area contributed by atoms with E-state index in [-0.39, 0.29) is 25.1 Å². The number of hydrogen-bond acceptors (Lipinski definition) is 5. The average Bonchev–Trinajstić information content (AvgIpc) is 3.14. The molecule has 3 atom stereocenters. The van der Waals surface area contributed by atoms with Gasteiger partial charge in [-0.25, -0.2) is 0 Å². The van der Waals surface area contributed by atoms with Crippen LogP contribution >= 0.6 is 0 Å². The highest BCUT2D eigenvalue weighted by molar-refractivity contribution is 5.18. The maximum atomic E-state index is 12.7. The van der Waals surface area contributed by atoms with Gasteiger partial charge in [0.25, 0.3) is 0 Å². The molecule has 4 aliphatic heterocycles. The highest BCUT2D eigenvalue weighted by Gasteiger charge is 2.55. The average molecular weight is 444 g/mol. The van der Waals surface area contributed by atoms with E-state index in [4.69, 9.17) is 9.47 Å². The Morgan fingerprint density at radius 3 is 2.74 bits per heavy atom. The summed E-state index contributed by atoms with van der Waals surface area (Å²) in [5.74, 6) is 0. The molecule has 4 heterocycles. The third kappa shape index (κ3) is 4.83. The maximum absolute atomic E-state index is 12.7. The van der Waals surface area contributed by atoms with E-state index < -0.39 is 12.6 Å². The van der Waals surface area contributed by atoms with Crippen LogP contribution in [0, 0.1) is 5.41 Å². The van der Waals surface area contributed by atoms with E-state index in [1.165, 1.54) is 24.8 Å². The van der Waals surface area contributed by atoms with Gasteiger partial charge in [-0.15, -0.1) is 0 Å². The molecule has 1 saturated carbocycles. The van der Waals surface area contributed by atoms with Gasteiger partial charge in [-0.2, -0.15) is 13.2 Å². The molecule has 0 radical (unpaired) electrons. The second-order valence-electron chi connectivity index (χ2n) is 10.2. The summed E-state index contributed by atoms with van der Waals surface area (Å²) in [6.07, 6.45) is 4.55. The zero-order valence-electron chi connectivity index (χ0n) is 18.6. The highest BCUT2D eigenvalue weighted by atomic mass is 19.4. The predicted octanol–water partition coefficient (Wildman–Crippen LogP) is 3.61. The molecule has 5 nitrogen and oxygen atoms in total. The quantitative estimate of drug-likeness (QED) is 0.443. The van der Waals surface area contributed by atoms with Crippen LogP contribution in [0.2, 0.25) is 0 Å². The molecule has 4 fully saturated rings. The van der Waals surface area contributed by atoms with Crippen molar-refractivity contribution < 1.29 is 22.6 Å². The zero-order valence-corrected chi connectivity index (χ0v) is 18.6. The molecular weight excluding hydrogens is 407 g/mol. The highest BCUT2D eigenvalue weighted by Crippen LogP contribution is 2.52. The summed E-state index contributed by atoms with van der Waals surface area (Å²) in [6.45, 7) is 7.91. The van der Waals surface area contributed by atoms with Crippen molar-refractivity contribution in [1.82, 2.24) is 14.7 Å². The van der Waals surface area contributed by atoms with Gasteiger partial charge in [-0.05, 0) is 57.4 Å². The zero-order chi connectivity index (χ0) is 21.6. The van der Waals surface area contributed by atoms with Gasteiger partial charge in [0.15, 0.2) is 12.5 Å². The molecule has 0 N–H and O–H groups in total. The fourth-order valence-corrected chi connectivity index (χ4v) is 6.47. The molecule has 0 aromatic carbocycles. The first-order valence-corrected chi connectivity index (χ1v) is 12.1. The number of nitrogens with zero attached hydrogens (tertiary/aromatic N) is 3. The van der Waals surface area contributed by atoms with Crippen LogP contribution in [0.1, 0.15) is 51.9 Å². The van der Waals surface area contributed by atoms with Crippen LogP contribution in [0.4, 0.5) is 13.2 Å². The topological polar surface area (TPSA) is 31.5 Å². The van der Waals surface area contributed by atoms with Crippen LogP contribution < -0.4 is 0 Å². The molecule has 8 heteroatoms. The monoisotopic (exact) mass is 443 g/mol. The Bertz CT molecular complexity index is 679. The Labute approximate surface area is 183 Å².